The van der Waals surface area contributed by atoms with E-state index in [0.29, 0.717) is 110 Å². The highest BCUT2D eigenvalue weighted by molar-refractivity contribution is 7.90. The second kappa shape index (κ2) is 48.4. The van der Waals surface area contributed by atoms with E-state index in [9.17, 15) is 92.8 Å². The number of aliphatic carboxylic acids is 2. The number of nitrogens with zero attached hydrogens (tertiary/aromatic N) is 8. The fraction of sp³-hybridized carbons (Fsp3) is 0.477. The van der Waals surface area contributed by atoms with Crippen molar-refractivity contribution in [2.24, 2.45) is 0 Å². The molecule has 16 N–H and O–H groups in total. The van der Waals surface area contributed by atoms with Gasteiger partial charge in [-0.05, 0) is 131 Å². The normalized spacial score (nSPS) is 14.8. The average molecular weight is 1900 g/mol. The predicted molar refractivity (Wildman–Crippen MR) is 490 cm³/mol. The number of carbonyl (C=O) groups excluding carboxylic acids is 7. The van der Waals surface area contributed by atoms with Crippen molar-refractivity contribution in [1.82, 2.24) is 95.3 Å². The molecule has 0 radical (unpaired) electrons. The number of carbonyl (C=O) groups is 9. The van der Waals surface area contributed by atoms with Gasteiger partial charge in [0.15, 0.2) is 11.9 Å². The zero-order valence-electron chi connectivity index (χ0n) is 75.4. The molecule has 5 heterocycles. The number of sulfonamides is 2. The number of carboxylic acids is 2. The molecule has 0 spiro atoms. The first-order chi connectivity index (χ1) is 62.7. The Morgan fingerprint density at radius 1 is 0.500 bits per heavy atom. The number of methoxy groups -OCH3 is 2. The summed E-state index contributed by atoms with van der Waals surface area (Å²) in [6.45, 7) is 16.5. The third kappa shape index (κ3) is 30.0. The minimum atomic E-state index is -5.17. The second-order valence-corrected chi connectivity index (χ2v) is 37.2. The van der Waals surface area contributed by atoms with Gasteiger partial charge < -0.3 is 91.5 Å². The van der Waals surface area contributed by atoms with Crippen LogP contribution in [0.3, 0.4) is 0 Å². The first-order valence-corrected chi connectivity index (χ1v) is 47.5. The average Bonchev–Trinajstić information content (AvgIpc) is 1.39. The van der Waals surface area contributed by atoms with Crippen LogP contribution >= 0.6 is 0 Å². The number of ether oxygens (including phenoxy) is 2. The molecule has 1 saturated heterocycles. The van der Waals surface area contributed by atoms with Crippen molar-refractivity contribution in [2.45, 2.75) is 154 Å². The van der Waals surface area contributed by atoms with E-state index in [1.54, 1.807) is 134 Å². The summed E-state index contributed by atoms with van der Waals surface area (Å²) in [7, 11) is -11.0. The lowest BCUT2D eigenvalue weighted by molar-refractivity contribution is -0.139. The van der Waals surface area contributed by atoms with Crippen molar-refractivity contribution < 1.29 is 92.6 Å². The molecule has 5 atom stereocenters. The Bertz CT molecular complexity index is 5850. The molecule has 4 aromatic carbocycles. The minimum absolute atomic E-state index is 0.00865. The van der Waals surface area contributed by atoms with Gasteiger partial charge in [-0.25, -0.2) is 26.8 Å². The molecule has 2 unspecified atom stereocenters. The van der Waals surface area contributed by atoms with Crippen LogP contribution in [0.5, 0.6) is 0 Å². The van der Waals surface area contributed by atoms with Crippen molar-refractivity contribution in [1.29, 1.82) is 0 Å². The third-order valence-corrected chi connectivity index (χ3v) is 26.2. The molecule has 1 aliphatic rings. The zero-order valence-corrected chi connectivity index (χ0v) is 77.9. The molecular formula is C86H119N21O22S3. The molecule has 8 aromatic rings. The maximum atomic E-state index is 15.0. The van der Waals surface area contributed by atoms with E-state index in [2.05, 4.69) is 91.9 Å². The number of rotatable bonds is 47. The number of pyridine rings is 2. The fourth-order valence-electron chi connectivity index (χ4n) is 15.7. The molecule has 0 aliphatic carbocycles. The summed E-state index contributed by atoms with van der Waals surface area (Å²) < 4.78 is 109. The standard InChI is InChI=1S/C86H119N21O22S3/c1-11-26-102-29-31-103(32-34-105(52-129-10)36-35-104(33-30-102)51-128-9)49-73(109)98-66(18-19-72(108)97-65(12-2)80(114)87-20-13-27-106-47-63(74(110)61-16-14-59(41-70(61)106)43-95-85-89-21-22-90-85)78(112)93-45-67(83(117)118)100-131(124,125)76-55(5)37-53(3)38-56(76)6)82(116)99-69(50-130(121,122)123)81(115)88-25-28-107-48-64(75(111)62-17-15-60(42-71(62)107)44-96-86-91-23-24-92-86)79(113)94-46-68(84(119)120)101-132(126,127)77-57(7)39-54(4)40-58(77)8/h14-17,21-24,37-42,47-48,65-69,100-101H,11-13,18-20,25-36,43-46,49-52H2,1-10H3,(H,87,114)(H,88,115)(H,93,112)(H,94,113)(H,97,108)(H,98,109)(H,99,116)(H,117,118)(H,119,120)(H2,89,90,95)(H2,91,92,96)(H,121,122,123)/t65-,66-,67?,68?,69-/m0/s1. The summed E-state index contributed by atoms with van der Waals surface area (Å²) in [5, 5.41) is 44.5. The monoisotopic (exact) mass is 1890 g/mol. The van der Waals surface area contributed by atoms with E-state index in [1.165, 1.54) is 29.1 Å². The number of hydrogen-bond acceptors (Lipinski definition) is 27. The number of anilines is 2. The molecule has 4 aromatic heterocycles. The Balaban J connectivity index is 0.929. The SMILES string of the molecule is CCCN1CCN(COC)CCN(COC)CCN(CC(=O)N[C@@H](CCC(=O)N[C@@H](CC)C(=O)NCCCn2cc(C(=O)NCC(NS(=O)(=O)c3c(C)cc(C)cc3C)C(=O)O)c(=O)c3ccc(CNc4ncc[nH]4)cc32)C(=O)N[C@@H](CS(=O)(=O)O)C(=O)NCCn2cc(C(=O)NCC(NS(=O)(=O)c3c(C)cc(C)cc3C)C(=O)O)c(=O)c3ccc(CNc4ncc[nH]4)cc32)CC1. The number of carboxylic acid groups (broad SMARTS) is 2. The highest BCUT2D eigenvalue weighted by atomic mass is 32.2. The molecule has 46 heteroatoms. The van der Waals surface area contributed by atoms with Gasteiger partial charge in [0.05, 0.1) is 40.8 Å². The summed E-state index contributed by atoms with van der Waals surface area (Å²) in [5.74, 6) is -10.7. The highest BCUT2D eigenvalue weighted by Crippen LogP contribution is 2.26. The van der Waals surface area contributed by atoms with E-state index in [0.717, 1.165) is 30.3 Å². The van der Waals surface area contributed by atoms with Gasteiger partial charge in [0, 0.05) is 173 Å². The fourth-order valence-corrected chi connectivity index (χ4v) is 19.6. The Morgan fingerprint density at radius 2 is 0.932 bits per heavy atom. The Kier molecular flexibility index (Phi) is 38.1. The van der Waals surface area contributed by atoms with Gasteiger partial charge in [0.1, 0.15) is 47.1 Å². The number of aromatic nitrogens is 6. The quantitative estimate of drug-likeness (QED) is 0.0186. The largest absolute Gasteiger partial charge is 0.480 e. The molecule has 1 fully saturated rings. The second-order valence-electron chi connectivity index (χ2n) is 32.4. The van der Waals surface area contributed by atoms with Crippen molar-refractivity contribution in [3.8, 4) is 0 Å². The number of nitrogens with one attached hydrogen (secondary N) is 13. The van der Waals surface area contributed by atoms with E-state index in [-0.39, 0.29) is 84.9 Å². The van der Waals surface area contributed by atoms with Crippen molar-refractivity contribution in [3.63, 3.8) is 0 Å². The number of imidazole rings is 2. The number of H-pyrrole nitrogens is 2. The van der Waals surface area contributed by atoms with E-state index in [4.69, 9.17) is 9.47 Å². The van der Waals surface area contributed by atoms with Gasteiger partial charge in [-0.3, -0.25) is 72.0 Å². The lowest BCUT2D eigenvalue weighted by atomic mass is 10.1. The molecule has 0 bridgehead atoms. The van der Waals surface area contributed by atoms with Crippen molar-refractivity contribution >= 4 is 117 Å². The Morgan fingerprint density at radius 3 is 1.36 bits per heavy atom. The number of hydrogen-bond donors (Lipinski definition) is 16. The third-order valence-electron chi connectivity index (χ3n) is 21.9. The van der Waals surface area contributed by atoms with Gasteiger partial charge in [-0.15, -0.1) is 0 Å². The number of amides is 7. The molecule has 9 rings (SSSR count). The Labute approximate surface area is 764 Å². The van der Waals surface area contributed by atoms with Crippen LogP contribution in [0.25, 0.3) is 21.8 Å². The van der Waals surface area contributed by atoms with Crippen LogP contribution in [0.4, 0.5) is 11.9 Å². The highest BCUT2D eigenvalue weighted by Gasteiger charge is 2.35. The van der Waals surface area contributed by atoms with Gasteiger partial charge in [-0.1, -0.05) is 61.4 Å². The molecule has 7 amide bonds. The number of fused-ring (bicyclic) bond motifs is 2. The summed E-state index contributed by atoms with van der Waals surface area (Å²) in [6, 6.07) is 6.98. The minimum Gasteiger partial charge on any atom is -0.480 e. The number of aryl methyl sites for hydroxylation is 7. The van der Waals surface area contributed by atoms with Gasteiger partial charge in [0.25, 0.3) is 21.9 Å². The van der Waals surface area contributed by atoms with Crippen LogP contribution in [0.2, 0.25) is 0 Å². The number of benzene rings is 4. The van der Waals surface area contributed by atoms with E-state index < -0.39 is 174 Å². The van der Waals surface area contributed by atoms with Crippen LogP contribution in [0.15, 0.2) is 117 Å². The summed E-state index contributed by atoms with van der Waals surface area (Å²) in [4.78, 5) is 177. The van der Waals surface area contributed by atoms with E-state index in [1.807, 2.05) is 11.8 Å². The van der Waals surface area contributed by atoms with Crippen LogP contribution in [-0.4, -0.2) is 297 Å². The van der Waals surface area contributed by atoms with Gasteiger partial charge in [-0.2, -0.15) is 17.9 Å². The lowest BCUT2D eigenvalue weighted by Gasteiger charge is -2.33. The van der Waals surface area contributed by atoms with Crippen LogP contribution in [0, 0.1) is 41.5 Å². The summed E-state index contributed by atoms with van der Waals surface area (Å²) in [6.07, 6.45) is 8.45. The molecular weight excluding hydrogens is 1780 g/mol. The first kappa shape index (κ1) is 104. The van der Waals surface area contributed by atoms with Crippen molar-refractivity contribution in [3.05, 3.63) is 174 Å². The molecule has 132 heavy (non-hydrogen) atoms. The first-order valence-electron chi connectivity index (χ1n) is 43.0. The van der Waals surface area contributed by atoms with E-state index >= 15 is 0 Å². The molecule has 1 aliphatic heterocycles. The van der Waals surface area contributed by atoms with Crippen LogP contribution in [0.1, 0.15) is 111 Å². The van der Waals surface area contributed by atoms with Crippen LogP contribution in [-0.2, 0) is 99.4 Å². The molecule has 718 valence electrons. The summed E-state index contributed by atoms with van der Waals surface area (Å²) >= 11 is 0. The van der Waals surface area contributed by atoms with Gasteiger partial charge in [0.2, 0.25) is 60.4 Å². The maximum Gasteiger partial charge on any atom is 0.323 e. The van der Waals surface area contributed by atoms with Crippen molar-refractivity contribution in [2.75, 3.05) is 136 Å². The summed E-state index contributed by atoms with van der Waals surface area (Å²) in [5.41, 5.74) is 2.12. The molecule has 0 saturated carbocycles. The maximum absolute atomic E-state index is 15.0. The van der Waals surface area contributed by atoms with Crippen LogP contribution < -0.4 is 68.2 Å². The Hall–Kier alpha value is -12.0. The molecule has 43 nitrogen and oxygen atoms in total. The lowest BCUT2D eigenvalue weighted by Crippen LogP contribution is -2.57. The predicted octanol–water partition coefficient (Wildman–Crippen LogP) is 0.855. The van der Waals surface area contributed by atoms with Gasteiger partial charge >= 0.3 is 11.9 Å². The number of aromatic amines is 2. The topological polar surface area (TPSA) is 582 Å². The smallest absolute Gasteiger partial charge is 0.323 e. The zero-order chi connectivity index (χ0) is 96.3.